The van der Waals surface area contributed by atoms with Crippen molar-refractivity contribution in [1.82, 2.24) is 10.6 Å². The van der Waals surface area contributed by atoms with Crippen LogP contribution in [0.15, 0.2) is 0 Å². The lowest BCUT2D eigenvalue weighted by molar-refractivity contribution is 0.329. The van der Waals surface area contributed by atoms with E-state index in [2.05, 4.69) is 10.6 Å². The van der Waals surface area contributed by atoms with Crippen LogP contribution in [0.5, 0.6) is 0 Å². The molecule has 4 nitrogen and oxygen atoms in total. The molecule has 1 aliphatic carbocycles. The van der Waals surface area contributed by atoms with E-state index < -0.39 is 0 Å². The standard InChI is InChI=1S/C8H12N2O2/c11-5-9-7-3-1-2-4-8(7)10-6-12/h7-8H,1-4H2,(H,9,11)(H,10,12). The largest absolute Gasteiger partial charge is 0.343 e. The van der Waals surface area contributed by atoms with Gasteiger partial charge >= 0.3 is 12.8 Å². The van der Waals surface area contributed by atoms with Crippen molar-refractivity contribution in [1.29, 1.82) is 0 Å². The predicted octanol–water partition coefficient (Wildman–Crippen LogP) is -0.389. The topological polar surface area (TPSA) is 58.2 Å². The highest BCUT2D eigenvalue weighted by Crippen LogP contribution is 2.17. The SMILES string of the molecule is O=[C]NC1CCCCC1N[C]=O. The summed E-state index contributed by atoms with van der Waals surface area (Å²) < 4.78 is 0. The third-order valence-corrected chi connectivity index (χ3v) is 2.25. The summed E-state index contributed by atoms with van der Waals surface area (Å²) in [6.45, 7) is 0. The van der Waals surface area contributed by atoms with Crippen molar-refractivity contribution in [2.75, 3.05) is 0 Å². The summed E-state index contributed by atoms with van der Waals surface area (Å²) in [4.78, 5) is 20.1. The Morgan fingerprint density at radius 2 is 1.33 bits per heavy atom. The summed E-state index contributed by atoms with van der Waals surface area (Å²) in [7, 11) is 0. The van der Waals surface area contributed by atoms with Crippen LogP contribution in [0.25, 0.3) is 0 Å². The second kappa shape index (κ2) is 4.74. The zero-order chi connectivity index (χ0) is 8.81. The number of amides is 2. The Bertz CT molecular complexity index is 143. The smallest absolute Gasteiger partial charge is 0.309 e. The molecular weight excluding hydrogens is 156 g/mol. The highest BCUT2D eigenvalue weighted by molar-refractivity contribution is 5.50. The van der Waals surface area contributed by atoms with Crippen LogP contribution in [-0.2, 0) is 9.59 Å². The van der Waals surface area contributed by atoms with Crippen molar-refractivity contribution in [2.24, 2.45) is 0 Å². The van der Waals surface area contributed by atoms with E-state index in [1.165, 1.54) is 0 Å². The van der Waals surface area contributed by atoms with Gasteiger partial charge in [-0.15, -0.1) is 0 Å². The highest BCUT2D eigenvalue weighted by Gasteiger charge is 2.23. The van der Waals surface area contributed by atoms with Crippen LogP contribution in [0.4, 0.5) is 0 Å². The van der Waals surface area contributed by atoms with Crippen molar-refractivity contribution in [3.63, 3.8) is 0 Å². The van der Waals surface area contributed by atoms with Gasteiger partial charge in [0.2, 0.25) is 0 Å². The van der Waals surface area contributed by atoms with Gasteiger partial charge in [-0.05, 0) is 12.8 Å². The number of hydrogen-bond donors (Lipinski definition) is 2. The summed E-state index contributed by atoms with van der Waals surface area (Å²) >= 11 is 0. The Morgan fingerprint density at radius 3 is 1.67 bits per heavy atom. The fourth-order valence-corrected chi connectivity index (χ4v) is 1.63. The predicted molar refractivity (Wildman–Crippen MR) is 43.7 cm³/mol. The molecule has 0 heterocycles. The first-order valence-corrected chi connectivity index (χ1v) is 4.14. The quantitative estimate of drug-likeness (QED) is 0.562. The Morgan fingerprint density at radius 1 is 0.917 bits per heavy atom. The number of nitrogens with one attached hydrogen (secondary N) is 2. The first kappa shape index (κ1) is 9.03. The van der Waals surface area contributed by atoms with Gasteiger partial charge in [-0.1, -0.05) is 12.8 Å². The molecule has 0 aromatic heterocycles. The van der Waals surface area contributed by atoms with Crippen LogP contribution < -0.4 is 10.6 Å². The van der Waals surface area contributed by atoms with Crippen LogP contribution in [0.3, 0.4) is 0 Å². The molecule has 66 valence electrons. The van der Waals surface area contributed by atoms with Gasteiger partial charge in [-0.25, -0.2) is 0 Å². The lowest BCUT2D eigenvalue weighted by Gasteiger charge is -2.29. The summed E-state index contributed by atoms with van der Waals surface area (Å²) in [5, 5.41) is 5.14. The van der Waals surface area contributed by atoms with Gasteiger partial charge in [-0.3, -0.25) is 9.59 Å². The average Bonchev–Trinajstić information content (AvgIpc) is 2.09. The Hall–Kier alpha value is -1.06. The number of rotatable bonds is 4. The molecular formula is C8H12N2O2. The molecule has 1 rings (SSSR count). The third kappa shape index (κ3) is 2.22. The van der Waals surface area contributed by atoms with Gasteiger partial charge in [0.1, 0.15) is 0 Å². The molecule has 0 aliphatic heterocycles. The van der Waals surface area contributed by atoms with Gasteiger partial charge in [0.05, 0.1) is 0 Å². The van der Waals surface area contributed by atoms with Crippen molar-refractivity contribution in [3.8, 4) is 0 Å². The molecule has 1 aliphatic rings. The second-order valence-corrected chi connectivity index (χ2v) is 2.99. The maximum atomic E-state index is 10.1. The van der Waals surface area contributed by atoms with Crippen molar-refractivity contribution >= 4 is 12.8 Å². The van der Waals surface area contributed by atoms with Gasteiger partial charge in [0.25, 0.3) is 0 Å². The van der Waals surface area contributed by atoms with Crippen LogP contribution in [0.1, 0.15) is 25.7 Å². The zero-order valence-electron chi connectivity index (χ0n) is 6.80. The molecule has 2 unspecified atom stereocenters. The molecule has 2 radical (unpaired) electrons. The Balaban J connectivity index is 2.41. The van der Waals surface area contributed by atoms with Gasteiger partial charge in [0.15, 0.2) is 0 Å². The molecule has 2 amide bonds. The fraction of sp³-hybridized carbons (Fsp3) is 0.750. The Labute approximate surface area is 71.7 Å². The molecule has 4 heteroatoms. The first-order chi connectivity index (χ1) is 5.88. The van der Waals surface area contributed by atoms with Crippen LogP contribution in [-0.4, -0.2) is 24.9 Å². The van der Waals surface area contributed by atoms with Crippen LogP contribution in [0, 0.1) is 0 Å². The maximum absolute atomic E-state index is 10.1. The van der Waals surface area contributed by atoms with E-state index in [0.29, 0.717) is 0 Å². The monoisotopic (exact) mass is 168 g/mol. The molecule has 0 spiro atoms. The maximum Gasteiger partial charge on any atom is 0.309 e. The van der Waals surface area contributed by atoms with Crippen LogP contribution in [0.2, 0.25) is 0 Å². The van der Waals surface area contributed by atoms with E-state index in [0.717, 1.165) is 25.7 Å². The van der Waals surface area contributed by atoms with E-state index in [1.54, 1.807) is 12.8 Å². The molecule has 12 heavy (non-hydrogen) atoms. The third-order valence-electron chi connectivity index (χ3n) is 2.25. The van der Waals surface area contributed by atoms with E-state index in [-0.39, 0.29) is 12.1 Å². The Kier molecular flexibility index (Phi) is 3.57. The van der Waals surface area contributed by atoms with E-state index in [4.69, 9.17) is 0 Å². The molecule has 2 N–H and O–H groups in total. The molecule has 0 aromatic rings. The summed E-state index contributed by atoms with van der Waals surface area (Å²) in [5.74, 6) is 0. The van der Waals surface area contributed by atoms with Crippen molar-refractivity contribution in [3.05, 3.63) is 0 Å². The summed E-state index contributed by atoms with van der Waals surface area (Å²) in [6.07, 6.45) is 7.32. The lowest BCUT2D eigenvalue weighted by atomic mass is 9.90. The van der Waals surface area contributed by atoms with Crippen molar-refractivity contribution in [2.45, 2.75) is 37.8 Å². The first-order valence-electron chi connectivity index (χ1n) is 4.14. The molecule has 2 atom stereocenters. The van der Waals surface area contributed by atoms with Crippen LogP contribution >= 0.6 is 0 Å². The molecule has 1 fully saturated rings. The number of hydrogen-bond acceptors (Lipinski definition) is 2. The molecule has 0 aromatic carbocycles. The molecule has 1 saturated carbocycles. The minimum absolute atomic E-state index is 0.0395. The minimum Gasteiger partial charge on any atom is -0.343 e. The van der Waals surface area contributed by atoms with Crippen molar-refractivity contribution < 1.29 is 9.59 Å². The molecule has 0 bridgehead atoms. The van der Waals surface area contributed by atoms with Gasteiger partial charge in [-0.2, -0.15) is 0 Å². The van der Waals surface area contributed by atoms with E-state index in [1.807, 2.05) is 0 Å². The molecule has 0 saturated heterocycles. The minimum atomic E-state index is 0.0395. The van der Waals surface area contributed by atoms with Gasteiger partial charge < -0.3 is 10.6 Å². The summed E-state index contributed by atoms with van der Waals surface area (Å²) in [6, 6.07) is 0.0791. The summed E-state index contributed by atoms with van der Waals surface area (Å²) in [5.41, 5.74) is 0. The van der Waals surface area contributed by atoms with E-state index >= 15 is 0 Å². The lowest BCUT2D eigenvalue weighted by Crippen LogP contribution is -2.48. The normalized spacial score (nSPS) is 29.0. The fourth-order valence-electron chi connectivity index (χ4n) is 1.63. The number of carbonyl (C=O) groups excluding carboxylic acids is 2. The highest BCUT2D eigenvalue weighted by atomic mass is 16.1. The zero-order valence-corrected chi connectivity index (χ0v) is 6.80. The van der Waals surface area contributed by atoms with Gasteiger partial charge in [0, 0.05) is 12.1 Å². The average molecular weight is 168 g/mol. The van der Waals surface area contributed by atoms with E-state index in [9.17, 15) is 9.59 Å². The second-order valence-electron chi connectivity index (χ2n) is 2.99.